The number of nitrogens with zero attached hydrogens (tertiary/aromatic N) is 2. The van der Waals surface area contributed by atoms with Crippen molar-refractivity contribution < 1.29 is 28.6 Å². The quantitative estimate of drug-likeness (QED) is 0.301. The van der Waals surface area contributed by atoms with Gasteiger partial charge in [-0.2, -0.15) is 0 Å². The van der Waals surface area contributed by atoms with Crippen LogP contribution in [0.1, 0.15) is 31.2 Å². The maximum atomic E-state index is 13.4. The molecule has 0 fully saturated rings. The third kappa shape index (κ3) is 4.55. The van der Waals surface area contributed by atoms with Crippen LogP contribution in [-0.2, 0) is 4.74 Å². The molecule has 0 saturated heterocycles. The number of methoxy groups -OCH3 is 1. The summed E-state index contributed by atoms with van der Waals surface area (Å²) < 4.78 is 18.2. The van der Waals surface area contributed by atoms with E-state index < -0.39 is 38.9 Å². The molecule has 2 aromatic carbocycles. The monoisotopic (exact) mass is 473 g/mol. The van der Waals surface area contributed by atoms with Crippen molar-refractivity contribution in [2.75, 3.05) is 12.4 Å². The number of hydrogen-bond donors (Lipinski definition) is 1. The highest BCUT2D eigenvalue weighted by Gasteiger charge is 2.28. The highest BCUT2D eigenvalue weighted by atomic mass is 32.1. The Balaban J connectivity index is 2.10. The number of nitro benzene ring substituents is 2. The lowest BCUT2D eigenvalue weighted by Crippen LogP contribution is -2.15. The van der Waals surface area contributed by atoms with E-state index in [4.69, 9.17) is 4.74 Å². The van der Waals surface area contributed by atoms with Crippen molar-refractivity contribution >= 4 is 39.6 Å². The normalized spacial score (nSPS) is 10.5. The number of thiophene rings is 1. The largest absolute Gasteiger partial charge is 0.465 e. The number of nitro groups is 2. The van der Waals surface area contributed by atoms with Gasteiger partial charge in [0.05, 0.1) is 22.5 Å². The number of amides is 1. The van der Waals surface area contributed by atoms with Crippen LogP contribution >= 0.6 is 11.3 Å². The van der Waals surface area contributed by atoms with E-state index >= 15 is 0 Å². The maximum Gasteiger partial charge on any atom is 0.341 e. The number of aryl methyl sites for hydroxylation is 1. The zero-order valence-electron chi connectivity index (χ0n) is 17.5. The van der Waals surface area contributed by atoms with E-state index in [1.807, 2.05) is 0 Å². The topological polar surface area (TPSA) is 142 Å². The standard InChI is InChI=1S/C21H16FN3O7S/c1-10-15(24(28)29)8-13(9-16(10)25(30)31)19(26)23-20-18(21(27)32-3)17(11(2)33-20)12-4-6-14(22)7-5-12/h4-9H,1-3H3,(H,23,26). The Morgan fingerprint density at radius 1 is 1.03 bits per heavy atom. The highest BCUT2D eigenvalue weighted by Crippen LogP contribution is 2.41. The number of esters is 1. The lowest BCUT2D eigenvalue weighted by atomic mass is 10.0. The van der Waals surface area contributed by atoms with Gasteiger partial charge in [0, 0.05) is 22.6 Å². The third-order valence-electron chi connectivity index (χ3n) is 4.84. The molecule has 1 heterocycles. The molecule has 1 amide bonds. The van der Waals surface area contributed by atoms with E-state index in [2.05, 4.69) is 5.32 Å². The zero-order chi connectivity index (χ0) is 24.4. The highest BCUT2D eigenvalue weighted by molar-refractivity contribution is 7.17. The first kappa shape index (κ1) is 23.5. The van der Waals surface area contributed by atoms with Crippen molar-refractivity contribution in [2.24, 2.45) is 0 Å². The van der Waals surface area contributed by atoms with E-state index in [1.165, 1.54) is 31.2 Å². The smallest absolute Gasteiger partial charge is 0.341 e. The van der Waals surface area contributed by atoms with Gasteiger partial charge in [-0.05, 0) is 31.5 Å². The number of hydrogen-bond acceptors (Lipinski definition) is 8. The summed E-state index contributed by atoms with van der Waals surface area (Å²) in [5.41, 5.74) is -0.757. The molecule has 0 saturated carbocycles. The van der Waals surface area contributed by atoms with E-state index in [-0.39, 0.29) is 21.7 Å². The lowest BCUT2D eigenvalue weighted by molar-refractivity contribution is -0.395. The first-order valence-corrected chi connectivity index (χ1v) is 10.1. The molecule has 0 aliphatic carbocycles. The molecule has 0 aliphatic heterocycles. The van der Waals surface area contributed by atoms with Gasteiger partial charge in [0.15, 0.2) is 0 Å². The van der Waals surface area contributed by atoms with Crippen LogP contribution in [0, 0.1) is 39.9 Å². The Kier molecular flexibility index (Phi) is 6.49. The number of nitrogens with one attached hydrogen (secondary N) is 1. The van der Waals surface area contributed by atoms with Crippen molar-refractivity contribution in [3.8, 4) is 11.1 Å². The molecule has 33 heavy (non-hydrogen) atoms. The molecule has 0 aliphatic rings. The Hall–Kier alpha value is -4.19. The fourth-order valence-corrected chi connectivity index (χ4v) is 4.32. The van der Waals surface area contributed by atoms with Crippen LogP contribution in [0.3, 0.4) is 0 Å². The van der Waals surface area contributed by atoms with Crippen molar-refractivity contribution in [1.29, 1.82) is 0 Å². The van der Waals surface area contributed by atoms with Crippen LogP contribution < -0.4 is 5.32 Å². The summed E-state index contributed by atoms with van der Waals surface area (Å²) in [6.45, 7) is 2.90. The molecule has 1 N–H and O–H groups in total. The molecule has 3 rings (SSSR count). The number of carbonyl (C=O) groups excluding carboxylic acids is 2. The SMILES string of the molecule is COC(=O)c1c(NC(=O)c2cc([N+](=O)[O-])c(C)c([N+](=O)[O-])c2)sc(C)c1-c1ccc(F)cc1. The number of rotatable bonds is 6. The number of benzene rings is 2. The van der Waals surface area contributed by atoms with Crippen LogP contribution in [0.15, 0.2) is 36.4 Å². The lowest BCUT2D eigenvalue weighted by Gasteiger charge is -2.09. The summed E-state index contributed by atoms with van der Waals surface area (Å²) in [4.78, 5) is 47.0. The van der Waals surface area contributed by atoms with Gasteiger partial charge in [0.2, 0.25) is 0 Å². The molecule has 0 atom stereocenters. The van der Waals surface area contributed by atoms with Gasteiger partial charge < -0.3 is 10.1 Å². The molecule has 0 radical (unpaired) electrons. The molecule has 170 valence electrons. The van der Waals surface area contributed by atoms with Crippen LogP contribution in [0.25, 0.3) is 11.1 Å². The summed E-state index contributed by atoms with van der Waals surface area (Å²) in [7, 11) is 1.15. The fraction of sp³-hybridized carbons (Fsp3) is 0.143. The average molecular weight is 473 g/mol. The average Bonchev–Trinajstić information content (AvgIpc) is 3.08. The summed E-state index contributed by atoms with van der Waals surface area (Å²) in [5, 5.41) is 25.2. The molecule has 12 heteroatoms. The van der Waals surface area contributed by atoms with Crippen LogP contribution in [0.4, 0.5) is 20.8 Å². The maximum absolute atomic E-state index is 13.4. The van der Waals surface area contributed by atoms with Crippen LogP contribution in [-0.4, -0.2) is 28.8 Å². The fourth-order valence-electron chi connectivity index (χ4n) is 3.26. The zero-order valence-corrected chi connectivity index (χ0v) is 18.3. The molecular weight excluding hydrogens is 457 g/mol. The molecule has 10 nitrogen and oxygen atoms in total. The predicted octanol–water partition coefficient (Wildman–Crippen LogP) is 5.03. The first-order valence-electron chi connectivity index (χ1n) is 9.27. The van der Waals surface area contributed by atoms with Crippen LogP contribution in [0.5, 0.6) is 0 Å². The molecule has 0 unspecified atom stereocenters. The Labute approximate surface area is 189 Å². The van der Waals surface area contributed by atoms with Gasteiger partial charge in [-0.25, -0.2) is 9.18 Å². The van der Waals surface area contributed by atoms with E-state index in [1.54, 1.807) is 6.92 Å². The predicted molar refractivity (Wildman–Crippen MR) is 118 cm³/mol. The molecular formula is C21H16FN3O7S. The number of halogens is 1. The minimum absolute atomic E-state index is 0.0102. The second kappa shape index (κ2) is 9.12. The summed E-state index contributed by atoms with van der Waals surface area (Å²) >= 11 is 1.04. The van der Waals surface area contributed by atoms with E-state index in [9.17, 15) is 34.2 Å². The van der Waals surface area contributed by atoms with E-state index in [0.29, 0.717) is 16.0 Å². The van der Waals surface area contributed by atoms with E-state index in [0.717, 1.165) is 30.6 Å². The molecule has 3 aromatic rings. The first-order chi connectivity index (χ1) is 15.5. The Bertz CT molecular complexity index is 1270. The van der Waals surface area contributed by atoms with Crippen molar-refractivity contribution in [3.63, 3.8) is 0 Å². The molecule has 0 spiro atoms. The van der Waals surface area contributed by atoms with Crippen LogP contribution in [0.2, 0.25) is 0 Å². The Morgan fingerprint density at radius 3 is 2.06 bits per heavy atom. The van der Waals surface area contributed by atoms with Crippen molar-refractivity contribution in [2.45, 2.75) is 13.8 Å². The summed E-state index contributed by atoms with van der Waals surface area (Å²) in [6, 6.07) is 7.23. The molecule has 1 aromatic heterocycles. The van der Waals surface area contributed by atoms with Gasteiger partial charge >= 0.3 is 5.97 Å². The van der Waals surface area contributed by atoms with Crippen molar-refractivity contribution in [1.82, 2.24) is 0 Å². The summed E-state index contributed by atoms with van der Waals surface area (Å²) in [6.07, 6.45) is 0. The summed E-state index contributed by atoms with van der Waals surface area (Å²) in [5.74, 6) is -2.13. The number of ether oxygens (including phenoxy) is 1. The van der Waals surface area contributed by atoms with Gasteiger partial charge in [-0.15, -0.1) is 11.3 Å². The Morgan fingerprint density at radius 2 is 1.58 bits per heavy atom. The minimum atomic E-state index is -0.891. The number of anilines is 1. The van der Waals surface area contributed by atoms with Crippen molar-refractivity contribution in [3.05, 3.63) is 84.0 Å². The second-order valence-corrected chi connectivity index (χ2v) is 8.07. The van der Waals surface area contributed by atoms with Gasteiger partial charge in [-0.3, -0.25) is 25.0 Å². The molecule has 0 bridgehead atoms. The minimum Gasteiger partial charge on any atom is -0.465 e. The van der Waals surface area contributed by atoms with Gasteiger partial charge in [-0.1, -0.05) is 12.1 Å². The number of carbonyl (C=O) groups is 2. The second-order valence-electron chi connectivity index (χ2n) is 6.84. The third-order valence-corrected chi connectivity index (χ3v) is 5.86. The van der Waals surface area contributed by atoms with Gasteiger partial charge in [0.25, 0.3) is 17.3 Å². The van der Waals surface area contributed by atoms with Gasteiger partial charge in [0.1, 0.15) is 21.9 Å².